The van der Waals surface area contributed by atoms with Crippen molar-refractivity contribution < 1.29 is 53.1 Å². The van der Waals surface area contributed by atoms with Crippen LogP contribution in [0.3, 0.4) is 0 Å². The number of amides is 3. The molecule has 0 unspecified atom stereocenters. The number of fused-ring (bicyclic) bond motifs is 1. The molecular formula is C29H49N3O11. The number of carbonyl (C=O) groups is 5. The van der Waals surface area contributed by atoms with Crippen molar-refractivity contribution in [3.63, 3.8) is 0 Å². The minimum absolute atomic E-state index is 0.0159. The average Bonchev–Trinajstić information content (AvgIpc) is 3.35. The lowest BCUT2D eigenvalue weighted by Crippen LogP contribution is -2.63. The monoisotopic (exact) mass is 615 g/mol. The molecule has 246 valence electrons. The van der Waals surface area contributed by atoms with Gasteiger partial charge in [0.25, 0.3) is 0 Å². The lowest BCUT2D eigenvalue weighted by molar-refractivity contribution is -0.250. The minimum Gasteiger partial charge on any atom is -0.481 e. The Morgan fingerprint density at radius 2 is 1.30 bits per heavy atom. The molecule has 14 heteroatoms. The van der Waals surface area contributed by atoms with Crippen LogP contribution in [0.2, 0.25) is 0 Å². The first-order chi connectivity index (χ1) is 20.7. The fraction of sp³-hybridized carbons (Fsp3) is 0.828. The zero-order valence-electron chi connectivity index (χ0n) is 25.2. The van der Waals surface area contributed by atoms with Crippen LogP contribution < -0.4 is 16.0 Å². The van der Waals surface area contributed by atoms with Gasteiger partial charge in [-0.1, -0.05) is 38.5 Å². The molecule has 2 saturated heterocycles. The van der Waals surface area contributed by atoms with Crippen molar-refractivity contribution in [2.45, 2.75) is 127 Å². The van der Waals surface area contributed by atoms with Gasteiger partial charge in [-0.2, -0.15) is 0 Å². The van der Waals surface area contributed by atoms with E-state index in [0.29, 0.717) is 45.2 Å². The van der Waals surface area contributed by atoms with Gasteiger partial charge in [-0.05, 0) is 32.1 Å². The Kier molecular flexibility index (Phi) is 17.6. The lowest BCUT2D eigenvalue weighted by Gasteiger charge is -2.40. The number of carboxylic acids is 1. The summed E-state index contributed by atoms with van der Waals surface area (Å²) in [6, 6.07) is -0.806. The highest BCUT2D eigenvalue weighted by atomic mass is 16.8. The zero-order valence-corrected chi connectivity index (χ0v) is 25.2. The zero-order chi connectivity index (χ0) is 31.5. The fourth-order valence-electron chi connectivity index (χ4n) is 5.04. The minimum atomic E-state index is -0.964. The van der Waals surface area contributed by atoms with Crippen LogP contribution in [0.4, 0.5) is 4.79 Å². The lowest BCUT2D eigenvalue weighted by atomic mass is 9.97. The third kappa shape index (κ3) is 14.9. The van der Waals surface area contributed by atoms with Crippen molar-refractivity contribution in [3.05, 3.63) is 0 Å². The molecule has 0 aromatic carbocycles. The molecule has 0 saturated carbocycles. The van der Waals surface area contributed by atoms with E-state index in [1.165, 1.54) is 6.92 Å². The summed E-state index contributed by atoms with van der Waals surface area (Å²) in [5.41, 5.74) is 0. The molecule has 2 aliphatic rings. The molecule has 0 radical (unpaired) electrons. The van der Waals surface area contributed by atoms with Gasteiger partial charge in [-0.15, -0.1) is 0 Å². The van der Waals surface area contributed by atoms with Gasteiger partial charge in [0.15, 0.2) is 18.5 Å². The molecule has 2 fully saturated rings. The highest BCUT2D eigenvalue weighted by Gasteiger charge is 2.54. The summed E-state index contributed by atoms with van der Waals surface area (Å²) >= 11 is 0. The Hall–Kier alpha value is -2.97. The summed E-state index contributed by atoms with van der Waals surface area (Å²) < 4.78 is 21.8. The molecular weight excluding hydrogens is 566 g/mol. The van der Waals surface area contributed by atoms with Gasteiger partial charge in [0.05, 0.1) is 6.61 Å². The van der Waals surface area contributed by atoms with E-state index in [1.807, 2.05) is 0 Å². The number of aliphatic carboxylic acids is 1. The smallest absolute Gasteiger partial charge is 0.481 e. The Morgan fingerprint density at radius 1 is 0.767 bits per heavy atom. The van der Waals surface area contributed by atoms with E-state index >= 15 is 0 Å². The van der Waals surface area contributed by atoms with Crippen LogP contribution in [0, 0.1) is 0 Å². The molecule has 0 aliphatic carbocycles. The van der Waals surface area contributed by atoms with E-state index in [0.717, 1.165) is 51.4 Å². The second-order valence-corrected chi connectivity index (χ2v) is 11.0. The largest absolute Gasteiger partial charge is 0.509 e. The molecule has 5 atom stereocenters. The van der Waals surface area contributed by atoms with E-state index in [4.69, 9.17) is 24.1 Å². The van der Waals surface area contributed by atoms with Crippen molar-refractivity contribution in [1.82, 2.24) is 16.0 Å². The van der Waals surface area contributed by atoms with Crippen LogP contribution in [0.1, 0.15) is 96.8 Å². The average molecular weight is 616 g/mol. The molecule has 2 rings (SSSR count). The van der Waals surface area contributed by atoms with Crippen molar-refractivity contribution in [2.24, 2.45) is 0 Å². The normalized spacial score (nSPS) is 22.7. The number of rotatable bonds is 23. The van der Waals surface area contributed by atoms with Gasteiger partial charge in [0, 0.05) is 45.9 Å². The number of aliphatic hydroxyl groups excluding tert-OH is 1. The summed E-state index contributed by atoms with van der Waals surface area (Å²) in [4.78, 5) is 57.9. The number of hydrogen-bond donors (Lipinski definition) is 5. The first kappa shape index (κ1) is 36.2. The van der Waals surface area contributed by atoms with Gasteiger partial charge in [-0.3, -0.25) is 19.2 Å². The second-order valence-electron chi connectivity index (χ2n) is 11.0. The molecule has 3 amide bonds. The number of carboxylic acid groups (broad SMARTS) is 1. The van der Waals surface area contributed by atoms with Crippen molar-refractivity contribution in [3.8, 4) is 0 Å². The molecule has 2 heterocycles. The van der Waals surface area contributed by atoms with Gasteiger partial charge in [0.2, 0.25) is 17.7 Å². The summed E-state index contributed by atoms with van der Waals surface area (Å²) in [5.74, 6) is -1.19. The summed E-state index contributed by atoms with van der Waals surface area (Å²) in [6.07, 6.45) is 6.21. The van der Waals surface area contributed by atoms with E-state index in [9.17, 15) is 29.1 Å². The molecule has 2 aliphatic heterocycles. The van der Waals surface area contributed by atoms with E-state index < -0.39 is 49.4 Å². The number of unbranched alkanes of at least 4 members (excludes halogenated alkanes) is 8. The third-order valence-electron chi connectivity index (χ3n) is 7.28. The van der Waals surface area contributed by atoms with Crippen molar-refractivity contribution in [2.75, 3.05) is 26.3 Å². The first-order valence-corrected chi connectivity index (χ1v) is 15.5. The topological polar surface area (TPSA) is 199 Å². The molecule has 5 N–H and O–H groups in total. The van der Waals surface area contributed by atoms with E-state index in [1.54, 1.807) is 0 Å². The highest BCUT2D eigenvalue weighted by Crippen LogP contribution is 2.31. The molecule has 14 nitrogen and oxygen atoms in total. The predicted molar refractivity (Wildman–Crippen MR) is 153 cm³/mol. The third-order valence-corrected chi connectivity index (χ3v) is 7.28. The second kappa shape index (κ2) is 20.9. The number of ether oxygens (including phenoxy) is 4. The van der Waals surface area contributed by atoms with Gasteiger partial charge >= 0.3 is 12.1 Å². The van der Waals surface area contributed by atoms with Gasteiger partial charge < -0.3 is 45.1 Å². The molecule has 0 aromatic rings. The quantitative estimate of drug-likeness (QED) is 0.0831. The summed E-state index contributed by atoms with van der Waals surface area (Å²) in [6.45, 7) is 2.07. The van der Waals surface area contributed by atoms with Crippen molar-refractivity contribution in [1.29, 1.82) is 0 Å². The highest BCUT2D eigenvalue weighted by molar-refractivity contribution is 5.76. The van der Waals surface area contributed by atoms with Crippen LogP contribution in [-0.2, 0) is 38.1 Å². The van der Waals surface area contributed by atoms with E-state index in [-0.39, 0.29) is 30.7 Å². The van der Waals surface area contributed by atoms with Crippen LogP contribution in [0.25, 0.3) is 0 Å². The maximum atomic E-state index is 12.1. The summed E-state index contributed by atoms with van der Waals surface area (Å²) in [7, 11) is 0. The number of nitrogens with one attached hydrogen (secondary N) is 3. The fourth-order valence-corrected chi connectivity index (χ4v) is 5.04. The van der Waals surface area contributed by atoms with Crippen LogP contribution in [0.5, 0.6) is 0 Å². The Labute approximate surface area is 252 Å². The number of hydrogen-bond acceptors (Lipinski definition) is 10. The maximum absolute atomic E-state index is 12.1. The standard InChI is InChI=1S/C29H49N3O11/c1-20(34)32-25-27-26(42-29(39)43-27)21(19-33)41-28(25)40-18-11-10-14-23(36)31-17-12-16-30-22(35)13-8-6-4-2-3-5-7-9-15-24(37)38/h21,25-28,33H,2-19H2,1H3,(H,30,35)(H,31,36)(H,32,34)(H,37,38)/t21-,25-,26+,27-,28-/m1/s1. The Balaban J connectivity index is 1.46. The number of carbonyl (C=O) groups excluding carboxylic acids is 4. The van der Waals surface area contributed by atoms with E-state index in [2.05, 4.69) is 16.0 Å². The molecule has 43 heavy (non-hydrogen) atoms. The van der Waals surface area contributed by atoms with Crippen LogP contribution in [-0.4, -0.2) is 97.0 Å². The molecule has 0 aromatic heterocycles. The SMILES string of the molecule is CC(=O)N[C@H]1[C@H](OCCCCC(=O)NCCCNC(=O)CCCCCCCCCCC(=O)O)O[C@H](CO)[C@@H]2OC(=O)O[C@H]12. The molecule has 0 spiro atoms. The number of aliphatic hydroxyl groups is 1. The first-order valence-electron chi connectivity index (χ1n) is 15.5. The predicted octanol–water partition coefficient (Wildman–Crippen LogP) is 1.91. The molecule has 0 bridgehead atoms. The van der Waals surface area contributed by atoms with Crippen molar-refractivity contribution >= 4 is 29.8 Å². The maximum Gasteiger partial charge on any atom is 0.509 e. The van der Waals surface area contributed by atoms with Crippen LogP contribution in [0.15, 0.2) is 0 Å². The summed E-state index contributed by atoms with van der Waals surface area (Å²) in [5, 5.41) is 26.6. The Morgan fingerprint density at radius 3 is 1.86 bits per heavy atom. The van der Waals surface area contributed by atoms with Gasteiger partial charge in [0.1, 0.15) is 12.1 Å². The van der Waals surface area contributed by atoms with Crippen LogP contribution >= 0.6 is 0 Å². The Bertz CT molecular complexity index is 888. The van der Waals surface area contributed by atoms with Gasteiger partial charge in [-0.25, -0.2) is 4.79 Å².